The summed E-state index contributed by atoms with van der Waals surface area (Å²) in [7, 11) is 1.85. The number of amides is 1. The van der Waals surface area contributed by atoms with Crippen LogP contribution >= 0.6 is 0 Å². The molecule has 2 heterocycles. The van der Waals surface area contributed by atoms with Crippen molar-refractivity contribution in [1.29, 1.82) is 0 Å². The van der Waals surface area contributed by atoms with Gasteiger partial charge in [-0.05, 0) is 32.0 Å². The monoisotopic (exact) mass is 417 g/mol. The van der Waals surface area contributed by atoms with Crippen molar-refractivity contribution in [3.63, 3.8) is 0 Å². The molecule has 0 saturated carbocycles. The minimum absolute atomic E-state index is 0.0757. The molecule has 0 spiro atoms. The van der Waals surface area contributed by atoms with E-state index in [-0.39, 0.29) is 17.1 Å². The number of nitro benzene ring substituents is 1. The zero-order valence-electron chi connectivity index (χ0n) is 17.1. The highest BCUT2D eigenvalue weighted by atomic mass is 16.6. The fourth-order valence-corrected chi connectivity index (χ4v) is 3.56. The summed E-state index contributed by atoms with van der Waals surface area (Å²) in [4.78, 5) is 28.1. The van der Waals surface area contributed by atoms with Crippen molar-refractivity contribution in [2.75, 3.05) is 5.32 Å². The van der Waals surface area contributed by atoms with Crippen LogP contribution in [0.3, 0.4) is 0 Å². The zero-order valence-corrected chi connectivity index (χ0v) is 17.1. The lowest BCUT2D eigenvalue weighted by Gasteiger charge is -2.12. The predicted molar refractivity (Wildman–Crippen MR) is 116 cm³/mol. The van der Waals surface area contributed by atoms with Crippen molar-refractivity contribution in [3.05, 3.63) is 75.6 Å². The summed E-state index contributed by atoms with van der Waals surface area (Å²) in [5.41, 5.74) is 3.98. The van der Waals surface area contributed by atoms with E-state index in [1.54, 1.807) is 16.8 Å². The first kappa shape index (κ1) is 20.0. The maximum Gasteiger partial charge on any atom is 0.273 e. The molecule has 9 heteroatoms. The first-order valence-corrected chi connectivity index (χ1v) is 9.45. The van der Waals surface area contributed by atoms with Gasteiger partial charge < -0.3 is 10.4 Å². The van der Waals surface area contributed by atoms with Gasteiger partial charge in [-0.15, -0.1) is 0 Å². The number of carbonyl (C=O) groups is 1. The highest BCUT2D eigenvalue weighted by molar-refractivity contribution is 6.13. The normalized spacial score (nSPS) is 10.9. The van der Waals surface area contributed by atoms with Gasteiger partial charge in [0.1, 0.15) is 5.75 Å². The van der Waals surface area contributed by atoms with E-state index >= 15 is 0 Å². The number of nitrogens with zero attached hydrogens (tertiary/aromatic N) is 4. The number of aryl methyl sites for hydroxylation is 2. The van der Waals surface area contributed by atoms with E-state index in [9.17, 15) is 20.0 Å². The Morgan fingerprint density at radius 3 is 2.55 bits per heavy atom. The number of hydrogen-bond donors (Lipinski definition) is 2. The zero-order chi connectivity index (χ0) is 22.3. The second-order valence-electron chi connectivity index (χ2n) is 7.15. The van der Waals surface area contributed by atoms with Crippen LogP contribution in [0.5, 0.6) is 5.75 Å². The second kappa shape index (κ2) is 7.52. The van der Waals surface area contributed by atoms with Gasteiger partial charge in [0.2, 0.25) is 0 Å². The van der Waals surface area contributed by atoms with Crippen molar-refractivity contribution in [2.45, 2.75) is 13.8 Å². The van der Waals surface area contributed by atoms with Crippen LogP contribution in [0.4, 0.5) is 11.4 Å². The van der Waals surface area contributed by atoms with Gasteiger partial charge in [-0.3, -0.25) is 19.6 Å². The molecule has 0 fully saturated rings. The second-order valence-corrected chi connectivity index (χ2v) is 7.15. The third-order valence-corrected chi connectivity index (χ3v) is 5.17. The molecule has 9 nitrogen and oxygen atoms in total. The standard InChI is InChI=1S/C22H19N5O4/c1-12-21(13(2)26(3)25-12)19-11-16(15-6-4-5-7-17(15)23-19)22(29)24-18-9-8-14(27(30)31)10-20(18)28/h4-11,28H,1-3H3,(H,24,29). The fourth-order valence-electron chi connectivity index (χ4n) is 3.56. The number of nitro groups is 1. The number of benzene rings is 2. The molecule has 0 saturated heterocycles. The number of hydrogen-bond acceptors (Lipinski definition) is 6. The summed E-state index contributed by atoms with van der Waals surface area (Å²) >= 11 is 0. The fraction of sp³-hybridized carbons (Fsp3) is 0.136. The summed E-state index contributed by atoms with van der Waals surface area (Å²) in [6.45, 7) is 3.81. The Kier molecular flexibility index (Phi) is 4.86. The molecular formula is C22H19N5O4. The third kappa shape index (κ3) is 3.57. The summed E-state index contributed by atoms with van der Waals surface area (Å²) in [6, 6.07) is 12.5. The van der Waals surface area contributed by atoms with Crippen LogP contribution in [-0.2, 0) is 7.05 Å². The van der Waals surface area contributed by atoms with E-state index in [1.807, 2.05) is 39.1 Å². The van der Waals surface area contributed by atoms with Crippen LogP contribution in [-0.4, -0.2) is 30.7 Å². The Labute approximate surface area is 177 Å². The molecule has 31 heavy (non-hydrogen) atoms. The van der Waals surface area contributed by atoms with Crippen molar-refractivity contribution < 1.29 is 14.8 Å². The third-order valence-electron chi connectivity index (χ3n) is 5.17. The lowest BCUT2D eigenvalue weighted by Crippen LogP contribution is -2.13. The predicted octanol–water partition coefficient (Wildman–Crippen LogP) is 4.12. The van der Waals surface area contributed by atoms with E-state index < -0.39 is 10.8 Å². The molecular weight excluding hydrogens is 398 g/mol. The number of aromatic hydroxyl groups is 1. The van der Waals surface area contributed by atoms with E-state index in [4.69, 9.17) is 4.98 Å². The number of aromatic nitrogens is 3. The number of rotatable bonds is 4. The minimum atomic E-state index is -0.619. The maximum atomic E-state index is 13.2. The number of para-hydroxylation sites is 1. The van der Waals surface area contributed by atoms with Crippen LogP contribution in [0, 0.1) is 24.0 Å². The number of pyridine rings is 1. The first-order valence-electron chi connectivity index (χ1n) is 9.45. The van der Waals surface area contributed by atoms with Crippen LogP contribution in [0.2, 0.25) is 0 Å². The average molecular weight is 417 g/mol. The molecule has 2 aromatic carbocycles. The molecule has 2 N–H and O–H groups in total. The lowest BCUT2D eigenvalue weighted by atomic mass is 10.0. The van der Waals surface area contributed by atoms with Crippen molar-refractivity contribution >= 4 is 28.2 Å². The van der Waals surface area contributed by atoms with Gasteiger partial charge >= 0.3 is 0 Å². The number of non-ortho nitro benzene ring substituents is 1. The number of carbonyl (C=O) groups excluding carboxylic acids is 1. The van der Waals surface area contributed by atoms with E-state index in [0.717, 1.165) is 23.0 Å². The molecule has 2 aromatic heterocycles. The Morgan fingerprint density at radius 1 is 1.16 bits per heavy atom. The van der Waals surface area contributed by atoms with Crippen LogP contribution in [0.15, 0.2) is 48.5 Å². The van der Waals surface area contributed by atoms with Crippen LogP contribution in [0.1, 0.15) is 21.7 Å². The summed E-state index contributed by atoms with van der Waals surface area (Å²) < 4.78 is 1.76. The van der Waals surface area contributed by atoms with Gasteiger partial charge in [0.15, 0.2) is 0 Å². The highest BCUT2D eigenvalue weighted by Gasteiger charge is 2.20. The first-order chi connectivity index (χ1) is 14.8. The molecule has 0 aliphatic carbocycles. The smallest absolute Gasteiger partial charge is 0.273 e. The van der Waals surface area contributed by atoms with E-state index in [0.29, 0.717) is 22.2 Å². The number of phenols is 1. The van der Waals surface area contributed by atoms with Gasteiger partial charge in [-0.2, -0.15) is 5.10 Å². The lowest BCUT2D eigenvalue weighted by molar-refractivity contribution is -0.384. The van der Waals surface area contributed by atoms with Gasteiger partial charge in [0.05, 0.1) is 39.1 Å². The molecule has 1 amide bonds. The van der Waals surface area contributed by atoms with Crippen LogP contribution < -0.4 is 5.32 Å². The molecule has 0 aliphatic rings. The van der Waals surface area contributed by atoms with Gasteiger partial charge in [0, 0.05) is 29.8 Å². The van der Waals surface area contributed by atoms with Gasteiger partial charge in [-0.25, -0.2) is 4.98 Å². The highest BCUT2D eigenvalue weighted by Crippen LogP contribution is 2.31. The molecule has 0 radical (unpaired) electrons. The Balaban J connectivity index is 1.81. The molecule has 0 unspecified atom stereocenters. The topological polar surface area (TPSA) is 123 Å². The Morgan fingerprint density at radius 2 is 1.90 bits per heavy atom. The number of anilines is 1. The molecule has 0 aliphatic heterocycles. The number of phenolic OH excluding ortho intramolecular Hbond substituents is 1. The number of nitrogens with one attached hydrogen (secondary N) is 1. The SMILES string of the molecule is Cc1nn(C)c(C)c1-c1cc(C(=O)Nc2ccc([N+](=O)[O-])cc2O)c2ccccc2n1. The minimum Gasteiger partial charge on any atom is -0.506 e. The summed E-state index contributed by atoms with van der Waals surface area (Å²) in [5.74, 6) is -0.858. The van der Waals surface area contributed by atoms with E-state index in [1.165, 1.54) is 12.1 Å². The number of fused-ring (bicyclic) bond motifs is 1. The molecule has 4 rings (SSSR count). The molecule has 156 valence electrons. The Hall–Kier alpha value is -4.27. The Bertz CT molecular complexity index is 1360. The largest absolute Gasteiger partial charge is 0.506 e. The van der Waals surface area contributed by atoms with Crippen molar-refractivity contribution in [1.82, 2.24) is 14.8 Å². The molecule has 0 atom stereocenters. The van der Waals surface area contributed by atoms with Crippen molar-refractivity contribution in [2.24, 2.45) is 7.05 Å². The van der Waals surface area contributed by atoms with Gasteiger partial charge in [0.25, 0.3) is 11.6 Å². The van der Waals surface area contributed by atoms with Crippen molar-refractivity contribution in [3.8, 4) is 17.0 Å². The van der Waals surface area contributed by atoms with Gasteiger partial charge in [-0.1, -0.05) is 18.2 Å². The summed E-state index contributed by atoms with van der Waals surface area (Å²) in [5, 5.41) is 28.7. The molecule has 4 aromatic rings. The maximum absolute atomic E-state index is 13.2. The summed E-state index contributed by atoms with van der Waals surface area (Å²) in [6.07, 6.45) is 0. The molecule has 0 bridgehead atoms. The van der Waals surface area contributed by atoms with Crippen LogP contribution in [0.25, 0.3) is 22.2 Å². The van der Waals surface area contributed by atoms with E-state index in [2.05, 4.69) is 10.4 Å². The quantitative estimate of drug-likeness (QED) is 0.292. The average Bonchev–Trinajstić information content (AvgIpc) is 2.99.